The first-order valence-electron chi connectivity index (χ1n) is 6.40. The number of hydrogen-bond donors (Lipinski definition) is 2. The zero-order chi connectivity index (χ0) is 13.8. The molecule has 0 bridgehead atoms. The third-order valence-electron chi connectivity index (χ3n) is 3.36. The Kier molecular flexibility index (Phi) is 4.16. The van der Waals surface area contributed by atoms with Gasteiger partial charge >= 0.3 is 5.97 Å². The van der Waals surface area contributed by atoms with Gasteiger partial charge in [-0.3, -0.25) is 4.79 Å². The molecule has 0 radical (unpaired) electrons. The molecule has 1 aromatic carbocycles. The molecule has 1 atom stereocenters. The first kappa shape index (κ1) is 13.5. The maximum atomic E-state index is 12.2. The lowest BCUT2D eigenvalue weighted by atomic mass is 10.1. The molecular weight excluding hydrogens is 244 g/mol. The van der Waals surface area contributed by atoms with Crippen molar-refractivity contribution in [2.45, 2.75) is 18.9 Å². The van der Waals surface area contributed by atoms with Crippen molar-refractivity contribution in [1.29, 1.82) is 0 Å². The number of likely N-dealkylation sites (N-methyl/N-ethyl adjacent to an activating group) is 1. The number of benzene rings is 1. The Bertz CT molecular complexity index is 481. The molecule has 1 heterocycles. The van der Waals surface area contributed by atoms with Crippen molar-refractivity contribution >= 4 is 11.9 Å². The number of hydrogen-bond acceptors (Lipinski definition) is 3. The van der Waals surface area contributed by atoms with Crippen molar-refractivity contribution in [2.24, 2.45) is 0 Å². The fourth-order valence-corrected chi connectivity index (χ4v) is 2.33. The van der Waals surface area contributed by atoms with E-state index in [9.17, 15) is 9.59 Å². The molecule has 1 aliphatic heterocycles. The van der Waals surface area contributed by atoms with E-state index in [1.807, 2.05) is 0 Å². The lowest BCUT2D eigenvalue weighted by Gasteiger charge is -2.21. The van der Waals surface area contributed by atoms with E-state index in [0.717, 1.165) is 19.4 Å². The predicted octanol–water partition coefficient (Wildman–Crippen LogP) is 1.21. The summed E-state index contributed by atoms with van der Waals surface area (Å²) in [5.41, 5.74) is 0.554. The quantitative estimate of drug-likeness (QED) is 0.855. The summed E-state index contributed by atoms with van der Waals surface area (Å²) >= 11 is 0. The molecule has 1 unspecified atom stereocenters. The van der Waals surface area contributed by atoms with Crippen LogP contribution in [-0.4, -0.2) is 48.1 Å². The Morgan fingerprint density at radius 2 is 2.16 bits per heavy atom. The highest BCUT2D eigenvalue weighted by molar-refractivity contribution is 5.97. The van der Waals surface area contributed by atoms with Gasteiger partial charge in [0.25, 0.3) is 5.91 Å². The average Bonchev–Trinajstić information content (AvgIpc) is 2.90. The van der Waals surface area contributed by atoms with Gasteiger partial charge in [0.05, 0.1) is 5.56 Å². The molecule has 5 nitrogen and oxygen atoms in total. The predicted molar refractivity (Wildman–Crippen MR) is 71.4 cm³/mol. The number of nitrogens with one attached hydrogen (secondary N) is 1. The molecule has 5 heteroatoms. The summed E-state index contributed by atoms with van der Waals surface area (Å²) < 4.78 is 0. The van der Waals surface area contributed by atoms with Crippen molar-refractivity contribution in [3.05, 3.63) is 35.4 Å². The van der Waals surface area contributed by atoms with Crippen LogP contribution in [0.25, 0.3) is 0 Å². The fraction of sp³-hybridized carbons (Fsp3) is 0.429. The van der Waals surface area contributed by atoms with Crippen LogP contribution in [0.15, 0.2) is 24.3 Å². The van der Waals surface area contributed by atoms with E-state index in [2.05, 4.69) is 5.32 Å². The van der Waals surface area contributed by atoms with E-state index in [4.69, 9.17) is 5.11 Å². The number of rotatable bonds is 4. The van der Waals surface area contributed by atoms with Crippen molar-refractivity contribution in [1.82, 2.24) is 10.2 Å². The van der Waals surface area contributed by atoms with Gasteiger partial charge in [0, 0.05) is 25.2 Å². The third kappa shape index (κ3) is 3.32. The third-order valence-corrected chi connectivity index (χ3v) is 3.36. The smallest absolute Gasteiger partial charge is 0.335 e. The summed E-state index contributed by atoms with van der Waals surface area (Å²) in [5.74, 6) is -1.16. The Morgan fingerprint density at radius 1 is 1.42 bits per heavy atom. The van der Waals surface area contributed by atoms with Gasteiger partial charge in [0.2, 0.25) is 0 Å². The highest BCUT2D eigenvalue weighted by Crippen LogP contribution is 2.11. The number of aromatic carboxylic acids is 1. The SMILES string of the molecule is CN(CC1CCCN1)C(=O)c1cccc(C(=O)O)c1. The Balaban J connectivity index is 2.05. The van der Waals surface area contributed by atoms with E-state index >= 15 is 0 Å². The zero-order valence-electron chi connectivity index (χ0n) is 10.9. The van der Waals surface area contributed by atoms with Gasteiger partial charge in [-0.15, -0.1) is 0 Å². The van der Waals surface area contributed by atoms with Crippen molar-refractivity contribution in [3.63, 3.8) is 0 Å². The second-order valence-electron chi connectivity index (χ2n) is 4.86. The summed E-state index contributed by atoms with van der Waals surface area (Å²) in [6.07, 6.45) is 2.22. The second kappa shape index (κ2) is 5.84. The molecule has 0 aromatic heterocycles. The zero-order valence-corrected chi connectivity index (χ0v) is 10.9. The lowest BCUT2D eigenvalue weighted by molar-refractivity contribution is 0.0697. The number of carbonyl (C=O) groups excluding carboxylic acids is 1. The molecule has 1 fully saturated rings. The van der Waals surface area contributed by atoms with Crippen molar-refractivity contribution < 1.29 is 14.7 Å². The molecule has 0 spiro atoms. The average molecular weight is 262 g/mol. The Hall–Kier alpha value is -1.88. The summed E-state index contributed by atoms with van der Waals surface area (Å²) in [6, 6.07) is 6.49. The fourth-order valence-electron chi connectivity index (χ4n) is 2.33. The highest BCUT2D eigenvalue weighted by atomic mass is 16.4. The summed E-state index contributed by atoms with van der Waals surface area (Å²) in [7, 11) is 1.75. The van der Waals surface area contributed by atoms with E-state index in [-0.39, 0.29) is 11.5 Å². The Labute approximate surface area is 112 Å². The van der Waals surface area contributed by atoms with Gasteiger partial charge in [-0.1, -0.05) is 6.07 Å². The van der Waals surface area contributed by atoms with Crippen LogP contribution in [0, 0.1) is 0 Å². The normalized spacial score (nSPS) is 18.3. The maximum Gasteiger partial charge on any atom is 0.335 e. The van der Waals surface area contributed by atoms with Crippen LogP contribution in [-0.2, 0) is 0 Å². The van der Waals surface area contributed by atoms with Crippen LogP contribution in [0.1, 0.15) is 33.6 Å². The lowest BCUT2D eigenvalue weighted by Crippen LogP contribution is -2.38. The van der Waals surface area contributed by atoms with Crippen LogP contribution in [0.3, 0.4) is 0 Å². The largest absolute Gasteiger partial charge is 0.478 e. The van der Waals surface area contributed by atoms with Crippen LogP contribution >= 0.6 is 0 Å². The molecule has 0 saturated carbocycles. The van der Waals surface area contributed by atoms with Gasteiger partial charge in [0.15, 0.2) is 0 Å². The van der Waals surface area contributed by atoms with Gasteiger partial charge in [0.1, 0.15) is 0 Å². The first-order valence-corrected chi connectivity index (χ1v) is 6.40. The number of carbonyl (C=O) groups is 2. The van der Waals surface area contributed by atoms with Gasteiger partial charge in [-0.05, 0) is 37.6 Å². The Morgan fingerprint density at radius 3 is 2.79 bits per heavy atom. The monoisotopic (exact) mass is 262 g/mol. The maximum absolute atomic E-state index is 12.2. The molecule has 1 aliphatic rings. The van der Waals surface area contributed by atoms with Gasteiger partial charge < -0.3 is 15.3 Å². The van der Waals surface area contributed by atoms with Crippen LogP contribution in [0.2, 0.25) is 0 Å². The van der Waals surface area contributed by atoms with E-state index in [1.54, 1.807) is 24.1 Å². The van der Waals surface area contributed by atoms with Crippen LogP contribution in [0.4, 0.5) is 0 Å². The molecule has 2 rings (SSSR count). The van der Waals surface area contributed by atoms with Crippen molar-refractivity contribution in [3.8, 4) is 0 Å². The van der Waals surface area contributed by atoms with Gasteiger partial charge in [-0.2, -0.15) is 0 Å². The molecule has 19 heavy (non-hydrogen) atoms. The number of amides is 1. The summed E-state index contributed by atoms with van der Waals surface area (Å²) in [5, 5.41) is 12.3. The van der Waals surface area contributed by atoms with E-state index < -0.39 is 5.97 Å². The summed E-state index contributed by atoms with van der Waals surface area (Å²) in [6.45, 7) is 1.65. The molecule has 0 aliphatic carbocycles. The first-order chi connectivity index (χ1) is 9.08. The number of carboxylic acids is 1. The molecule has 1 amide bonds. The summed E-state index contributed by atoms with van der Waals surface area (Å²) in [4.78, 5) is 24.7. The minimum atomic E-state index is -1.02. The topological polar surface area (TPSA) is 69.6 Å². The van der Waals surface area contributed by atoms with Crippen LogP contribution in [0.5, 0.6) is 0 Å². The minimum Gasteiger partial charge on any atom is -0.478 e. The molecular formula is C14H18N2O3. The highest BCUT2D eigenvalue weighted by Gasteiger charge is 2.20. The van der Waals surface area contributed by atoms with E-state index in [0.29, 0.717) is 18.2 Å². The minimum absolute atomic E-state index is 0.137. The molecule has 102 valence electrons. The van der Waals surface area contributed by atoms with Crippen LogP contribution < -0.4 is 5.32 Å². The van der Waals surface area contributed by atoms with E-state index in [1.165, 1.54) is 12.1 Å². The van der Waals surface area contributed by atoms with Crippen molar-refractivity contribution in [2.75, 3.05) is 20.1 Å². The standard InChI is InChI=1S/C14H18N2O3/c1-16(9-12-6-3-7-15-12)13(17)10-4-2-5-11(8-10)14(18)19/h2,4-5,8,12,15H,3,6-7,9H2,1H3,(H,18,19). The number of carboxylic acid groups (broad SMARTS) is 1. The second-order valence-corrected chi connectivity index (χ2v) is 4.86. The van der Waals surface area contributed by atoms with Gasteiger partial charge in [-0.25, -0.2) is 4.79 Å². The number of nitrogens with zero attached hydrogens (tertiary/aromatic N) is 1. The molecule has 2 N–H and O–H groups in total. The molecule has 1 saturated heterocycles. The molecule has 1 aromatic rings.